The van der Waals surface area contributed by atoms with Gasteiger partial charge in [-0.05, 0) is 48.5 Å². The number of ether oxygens (including phenoxy) is 1. The molecule has 6 nitrogen and oxygen atoms in total. The molecule has 0 N–H and O–H groups in total. The standard InChI is InChI=1S/C21H17FN2O4/c1-27-15-10-8-14(9-11-15)24-19(25)13-23(17-6-3-2-5-16(17)22)21(26)20(24)18-7-4-12-28-18/h2-12,20H,13H2,1H3/t20-/m1/s1. The topological polar surface area (TPSA) is 63.0 Å². The first-order valence-electron chi connectivity index (χ1n) is 8.65. The highest BCUT2D eigenvalue weighted by Crippen LogP contribution is 2.35. The number of furan rings is 1. The Bertz CT molecular complexity index is 1000. The van der Waals surface area contributed by atoms with Crippen molar-refractivity contribution in [2.45, 2.75) is 6.04 Å². The summed E-state index contributed by atoms with van der Waals surface area (Å²) in [6.45, 7) is -0.275. The number of para-hydroxylation sites is 1. The minimum absolute atomic E-state index is 0.0618. The van der Waals surface area contributed by atoms with Gasteiger partial charge >= 0.3 is 0 Å². The molecule has 1 aromatic heterocycles. The van der Waals surface area contributed by atoms with Crippen LogP contribution in [0.3, 0.4) is 0 Å². The molecule has 2 heterocycles. The van der Waals surface area contributed by atoms with Crippen LogP contribution in [0.2, 0.25) is 0 Å². The molecule has 0 aliphatic carbocycles. The summed E-state index contributed by atoms with van der Waals surface area (Å²) in [4.78, 5) is 28.9. The first kappa shape index (κ1) is 17.8. The number of methoxy groups -OCH3 is 1. The third kappa shape index (κ3) is 3.00. The van der Waals surface area contributed by atoms with Gasteiger partial charge in [-0.3, -0.25) is 19.4 Å². The van der Waals surface area contributed by atoms with Gasteiger partial charge in [-0.15, -0.1) is 0 Å². The molecule has 0 radical (unpaired) electrons. The van der Waals surface area contributed by atoms with Crippen LogP contribution in [0, 0.1) is 5.82 Å². The van der Waals surface area contributed by atoms with Crippen molar-refractivity contribution in [1.82, 2.24) is 0 Å². The van der Waals surface area contributed by atoms with Gasteiger partial charge in [0.1, 0.15) is 23.9 Å². The fourth-order valence-corrected chi connectivity index (χ4v) is 3.30. The van der Waals surface area contributed by atoms with Crippen molar-refractivity contribution >= 4 is 23.2 Å². The molecule has 28 heavy (non-hydrogen) atoms. The Labute approximate surface area is 160 Å². The number of piperazine rings is 1. The number of hydrogen-bond acceptors (Lipinski definition) is 4. The zero-order chi connectivity index (χ0) is 19.7. The zero-order valence-electron chi connectivity index (χ0n) is 15.0. The minimum atomic E-state index is -1.04. The van der Waals surface area contributed by atoms with Crippen molar-refractivity contribution in [3.63, 3.8) is 0 Å². The van der Waals surface area contributed by atoms with Crippen LogP contribution in [-0.2, 0) is 9.59 Å². The van der Waals surface area contributed by atoms with E-state index in [1.54, 1.807) is 49.6 Å². The average Bonchev–Trinajstić information content (AvgIpc) is 3.24. The number of anilines is 2. The Morgan fingerprint density at radius 2 is 1.79 bits per heavy atom. The molecule has 0 unspecified atom stereocenters. The van der Waals surface area contributed by atoms with Crippen molar-refractivity contribution in [2.24, 2.45) is 0 Å². The van der Waals surface area contributed by atoms with E-state index in [1.807, 2.05) is 0 Å². The summed E-state index contributed by atoms with van der Waals surface area (Å²) in [6.07, 6.45) is 1.43. The molecule has 2 amide bonds. The van der Waals surface area contributed by atoms with Gasteiger partial charge in [0.15, 0.2) is 6.04 Å². The lowest BCUT2D eigenvalue weighted by Crippen LogP contribution is -2.56. The summed E-state index contributed by atoms with van der Waals surface area (Å²) in [7, 11) is 1.54. The van der Waals surface area contributed by atoms with Crippen LogP contribution in [0.1, 0.15) is 11.8 Å². The Balaban J connectivity index is 1.78. The Morgan fingerprint density at radius 3 is 2.43 bits per heavy atom. The maximum atomic E-state index is 14.3. The van der Waals surface area contributed by atoms with E-state index in [0.717, 1.165) is 4.90 Å². The fourth-order valence-electron chi connectivity index (χ4n) is 3.30. The predicted molar refractivity (Wildman–Crippen MR) is 101 cm³/mol. The van der Waals surface area contributed by atoms with E-state index in [4.69, 9.17) is 9.15 Å². The van der Waals surface area contributed by atoms with Crippen LogP contribution < -0.4 is 14.5 Å². The summed E-state index contributed by atoms with van der Waals surface area (Å²) in [5.74, 6) is -0.443. The van der Waals surface area contributed by atoms with Gasteiger partial charge < -0.3 is 9.15 Å². The van der Waals surface area contributed by atoms with Crippen molar-refractivity contribution in [3.8, 4) is 5.75 Å². The number of amides is 2. The number of carbonyl (C=O) groups is 2. The van der Waals surface area contributed by atoms with Crippen molar-refractivity contribution in [1.29, 1.82) is 0 Å². The molecule has 1 saturated heterocycles. The summed E-state index contributed by atoms with van der Waals surface area (Å²) in [5.41, 5.74) is 0.584. The van der Waals surface area contributed by atoms with E-state index in [1.165, 1.54) is 29.4 Å². The number of rotatable bonds is 4. The highest BCUT2D eigenvalue weighted by Gasteiger charge is 2.43. The molecular formula is C21H17FN2O4. The molecule has 142 valence electrons. The second-order valence-corrected chi connectivity index (χ2v) is 6.26. The molecule has 1 fully saturated rings. The summed E-state index contributed by atoms with van der Waals surface area (Å²) in [5, 5.41) is 0. The first-order chi connectivity index (χ1) is 13.6. The quantitative estimate of drug-likeness (QED) is 0.695. The molecule has 3 aromatic rings. The van der Waals surface area contributed by atoms with Gasteiger partial charge in [-0.2, -0.15) is 0 Å². The number of hydrogen-bond donors (Lipinski definition) is 0. The smallest absolute Gasteiger partial charge is 0.258 e. The van der Waals surface area contributed by atoms with E-state index in [2.05, 4.69) is 0 Å². The summed E-state index contributed by atoms with van der Waals surface area (Å²) in [6, 6.07) is 14.9. The lowest BCUT2D eigenvalue weighted by atomic mass is 10.0. The summed E-state index contributed by atoms with van der Waals surface area (Å²) < 4.78 is 24.9. The predicted octanol–water partition coefficient (Wildman–Crippen LogP) is 3.55. The number of benzene rings is 2. The monoisotopic (exact) mass is 380 g/mol. The van der Waals surface area contributed by atoms with Gasteiger partial charge in [0.2, 0.25) is 5.91 Å². The fraction of sp³-hybridized carbons (Fsp3) is 0.143. The summed E-state index contributed by atoms with van der Waals surface area (Å²) >= 11 is 0. The molecule has 4 rings (SSSR count). The van der Waals surface area contributed by atoms with Gasteiger partial charge in [-0.1, -0.05) is 12.1 Å². The normalized spacial score (nSPS) is 17.1. The molecule has 2 aromatic carbocycles. The average molecular weight is 380 g/mol. The molecular weight excluding hydrogens is 363 g/mol. The molecule has 1 atom stereocenters. The first-order valence-corrected chi connectivity index (χ1v) is 8.65. The molecule has 1 aliphatic heterocycles. The van der Waals surface area contributed by atoms with Crippen molar-refractivity contribution in [3.05, 3.63) is 78.5 Å². The van der Waals surface area contributed by atoms with E-state index in [-0.39, 0.29) is 18.1 Å². The minimum Gasteiger partial charge on any atom is -0.497 e. The SMILES string of the molecule is COc1ccc(N2C(=O)CN(c3ccccc3F)C(=O)[C@H]2c2ccco2)cc1. The second kappa shape index (κ2) is 7.19. The van der Waals surface area contributed by atoms with Crippen LogP contribution in [0.25, 0.3) is 0 Å². The second-order valence-electron chi connectivity index (χ2n) is 6.26. The van der Waals surface area contributed by atoms with E-state index < -0.39 is 17.8 Å². The Hall–Kier alpha value is -3.61. The van der Waals surface area contributed by atoms with Gasteiger partial charge in [-0.25, -0.2) is 4.39 Å². The lowest BCUT2D eigenvalue weighted by molar-refractivity contribution is -0.129. The molecule has 0 bridgehead atoms. The van der Waals surface area contributed by atoms with Crippen LogP contribution in [0.15, 0.2) is 71.3 Å². The Morgan fingerprint density at radius 1 is 1.04 bits per heavy atom. The van der Waals surface area contributed by atoms with Gasteiger partial charge in [0, 0.05) is 5.69 Å². The zero-order valence-corrected chi connectivity index (χ0v) is 15.0. The van der Waals surface area contributed by atoms with Crippen LogP contribution >= 0.6 is 0 Å². The number of halogens is 1. The van der Waals surface area contributed by atoms with Crippen LogP contribution in [-0.4, -0.2) is 25.5 Å². The highest BCUT2D eigenvalue weighted by atomic mass is 19.1. The van der Waals surface area contributed by atoms with Gasteiger partial charge in [0.05, 0.1) is 19.1 Å². The van der Waals surface area contributed by atoms with Gasteiger partial charge in [0.25, 0.3) is 5.91 Å². The number of nitrogens with zero attached hydrogens (tertiary/aromatic N) is 2. The Kier molecular flexibility index (Phi) is 4.57. The van der Waals surface area contributed by atoms with Crippen LogP contribution in [0.4, 0.5) is 15.8 Å². The maximum Gasteiger partial charge on any atom is 0.258 e. The molecule has 1 aliphatic rings. The van der Waals surface area contributed by atoms with E-state index in [0.29, 0.717) is 17.2 Å². The van der Waals surface area contributed by atoms with Crippen molar-refractivity contribution in [2.75, 3.05) is 23.5 Å². The van der Waals surface area contributed by atoms with E-state index >= 15 is 0 Å². The third-order valence-corrected chi connectivity index (χ3v) is 4.63. The molecule has 0 saturated carbocycles. The molecule has 7 heteroatoms. The molecule has 0 spiro atoms. The third-order valence-electron chi connectivity index (χ3n) is 4.63. The maximum absolute atomic E-state index is 14.3. The van der Waals surface area contributed by atoms with E-state index in [9.17, 15) is 14.0 Å². The largest absolute Gasteiger partial charge is 0.497 e. The van der Waals surface area contributed by atoms with Crippen LogP contribution in [0.5, 0.6) is 5.75 Å². The highest BCUT2D eigenvalue weighted by molar-refractivity contribution is 6.14. The lowest BCUT2D eigenvalue weighted by Gasteiger charge is -2.39. The number of carbonyl (C=O) groups excluding carboxylic acids is 2. The van der Waals surface area contributed by atoms with Crippen molar-refractivity contribution < 1.29 is 23.1 Å².